The molecule has 1 heterocycles. The Hall–Kier alpha value is -3.98. The Bertz CT molecular complexity index is 1430. The van der Waals surface area contributed by atoms with Crippen molar-refractivity contribution < 1.29 is 87.8 Å². The van der Waals surface area contributed by atoms with E-state index in [0.29, 0.717) is 13.1 Å². The maximum atomic E-state index is 14.6. The highest BCUT2D eigenvalue weighted by Gasteiger charge is 2.52. The number of aromatic nitrogens is 3. The van der Waals surface area contributed by atoms with Gasteiger partial charge in [0.2, 0.25) is 0 Å². The monoisotopic (exact) mass is 875 g/mol. The molecule has 0 amide bonds. The van der Waals surface area contributed by atoms with Crippen LogP contribution >= 0.6 is 0 Å². The average molecular weight is 876 g/mol. The van der Waals surface area contributed by atoms with Crippen LogP contribution in [0.15, 0.2) is 40.2 Å². The predicted octanol–water partition coefficient (Wildman–Crippen LogP) is 8.24. The molecule has 0 aromatic carbocycles. The molecule has 330 valence electrons. The van der Waals surface area contributed by atoms with Crippen molar-refractivity contribution in [3.05, 3.63) is 35.7 Å². The van der Waals surface area contributed by atoms with Crippen molar-refractivity contribution in [1.29, 1.82) is 11.1 Å². The molecule has 4 N–H and O–H groups in total. The molecule has 0 saturated carbocycles. The van der Waals surface area contributed by atoms with E-state index in [1.54, 1.807) is 5.43 Å². The van der Waals surface area contributed by atoms with E-state index in [4.69, 9.17) is 11.1 Å². The molecule has 9 nitrogen and oxygen atoms in total. The van der Waals surface area contributed by atoms with Gasteiger partial charge in [0.05, 0.1) is 6.20 Å². The smallest absolute Gasteiger partial charge is 0.179 e. The summed E-state index contributed by atoms with van der Waals surface area (Å²) in [5.41, 5.74) is 11.0. The van der Waals surface area contributed by atoms with Crippen molar-refractivity contribution in [2.75, 3.05) is 12.5 Å². The van der Waals surface area contributed by atoms with Gasteiger partial charge in [-0.3, -0.25) is 5.43 Å². The molecule has 20 atom stereocenters. The Balaban J connectivity index is 2.98. The number of nitrogens with zero attached hydrogens (tertiary/aromatic N) is 5. The van der Waals surface area contributed by atoms with Crippen LogP contribution in [0.4, 0.5) is 87.8 Å². The van der Waals surface area contributed by atoms with Crippen LogP contribution in [-0.4, -0.2) is 139 Å². The van der Waals surface area contributed by atoms with E-state index >= 15 is 0 Å². The van der Waals surface area contributed by atoms with Crippen LogP contribution in [-0.2, 0) is 0 Å². The molecule has 57 heavy (non-hydrogen) atoms. The lowest BCUT2D eigenvalue weighted by molar-refractivity contribution is -0.0601. The van der Waals surface area contributed by atoms with Crippen molar-refractivity contribution in [2.45, 2.75) is 130 Å². The van der Waals surface area contributed by atoms with E-state index in [1.807, 2.05) is 5.32 Å². The van der Waals surface area contributed by atoms with E-state index < -0.39 is 141 Å². The summed E-state index contributed by atoms with van der Waals surface area (Å²) in [4.78, 5) is 0.0601. The highest BCUT2D eigenvalue weighted by Crippen LogP contribution is 2.34. The van der Waals surface area contributed by atoms with E-state index in [-0.39, 0.29) is 17.2 Å². The maximum absolute atomic E-state index is 14.6. The second kappa shape index (κ2) is 22.8. The molecule has 1 aromatic heterocycles. The summed E-state index contributed by atoms with van der Waals surface area (Å²) in [6, 6.07) is 0. The van der Waals surface area contributed by atoms with Gasteiger partial charge < -0.3 is 5.32 Å². The third-order valence-electron chi connectivity index (χ3n) is 7.79. The number of nitrogens with one attached hydrogen (secondary N) is 4. The summed E-state index contributed by atoms with van der Waals surface area (Å²) in [7, 11) is 1.08. The normalized spacial score (nSPS) is 23.6. The number of alkyl halides is 20. The minimum atomic E-state index is -4.22. The summed E-state index contributed by atoms with van der Waals surface area (Å²) >= 11 is 0. The third kappa shape index (κ3) is 12.8. The lowest BCUT2D eigenvalue weighted by atomic mass is 9.95. The molecular weight excluding hydrogens is 842 g/mol. The Morgan fingerprint density at radius 1 is 0.526 bits per heavy atom. The first-order valence-electron chi connectivity index (χ1n) is 15.8. The molecular formula is C28H33F20N9. The first-order valence-corrected chi connectivity index (χ1v) is 15.8. The standard InChI is InChI=1S/C28H33F20N9/c1-6(29)10(30)14(34)18(38)22(42)26(46)25(45)21(41)17(37)13(33)9-5-57(56-55-9)52-4-8(54-50)12(32)16(36)20(40)24(44)28(48)27(47)23(43)19(39)15(35)11(31)7(53-49)3-51-2/h3-6,10-28,49-52H,1-2H3/b7-3-,8-4-,53-49?,54-50?. The fourth-order valence-corrected chi connectivity index (χ4v) is 4.43. The Labute approximate surface area is 308 Å². The van der Waals surface area contributed by atoms with Gasteiger partial charge in [0.15, 0.2) is 117 Å². The quantitative estimate of drug-likeness (QED) is 0.0553. The minimum Gasteiger partial charge on any atom is -0.392 e. The Morgan fingerprint density at radius 3 is 1.18 bits per heavy atom. The molecule has 0 radical (unpaired) electrons. The third-order valence-corrected chi connectivity index (χ3v) is 7.79. The van der Waals surface area contributed by atoms with Crippen LogP contribution < -0.4 is 10.7 Å². The van der Waals surface area contributed by atoms with Gasteiger partial charge in [-0.15, -0.1) is 5.10 Å². The van der Waals surface area contributed by atoms with Gasteiger partial charge in [-0.2, -0.15) is 15.0 Å². The van der Waals surface area contributed by atoms with Gasteiger partial charge in [0.1, 0.15) is 23.3 Å². The van der Waals surface area contributed by atoms with Crippen LogP contribution in [0.5, 0.6) is 0 Å². The second-order valence-corrected chi connectivity index (χ2v) is 11.9. The van der Waals surface area contributed by atoms with E-state index in [2.05, 4.69) is 20.5 Å². The van der Waals surface area contributed by atoms with Crippen molar-refractivity contribution in [3.8, 4) is 0 Å². The molecule has 29 heteroatoms. The Kier molecular flexibility index (Phi) is 20.4. The highest BCUT2D eigenvalue weighted by atomic mass is 19.2. The number of allylic oxidation sites excluding steroid dienone is 2. The molecule has 0 fully saturated rings. The van der Waals surface area contributed by atoms with E-state index in [9.17, 15) is 87.8 Å². The van der Waals surface area contributed by atoms with Crippen LogP contribution in [0.3, 0.4) is 0 Å². The average Bonchev–Trinajstić information content (AvgIpc) is 3.69. The Morgan fingerprint density at radius 2 is 0.842 bits per heavy atom. The molecule has 20 unspecified atom stereocenters. The van der Waals surface area contributed by atoms with Crippen LogP contribution in [0.2, 0.25) is 0 Å². The fraction of sp³-hybridized carbons (Fsp3) is 0.786. The van der Waals surface area contributed by atoms with Gasteiger partial charge in [0, 0.05) is 19.4 Å². The highest BCUT2D eigenvalue weighted by molar-refractivity contribution is 5.14. The molecule has 0 saturated heterocycles. The van der Waals surface area contributed by atoms with Crippen LogP contribution in [0.1, 0.15) is 18.8 Å². The summed E-state index contributed by atoms with van der Waals surface area (Å²) in [5.74, 6) is 0. The van der Waals surface area contributed by atoms with Gasteiger partial charge >= 0.3 is 0 Å². The summed E-state index contributed by atoms with van der Waals surface area (Å²) in [5, 5.41) is 12.7. The lowest BCUT2D eigenvalue weighted by Crippen LogP contribution is -2.49. The molecule has 1 aromatic rings. The predicted molar refractivity (Wildman–Crippen MR) is 157 cm³/mol. The van der Waals surface area contributed by atoms with E-state index in [0.717, 1.165) is 7.05 Å². The largest absolute Gasteiger partial charge is 0.392 e. The second-order valence-electron chi connectivity index (χ2n) is 11.9. The summed E-state index contributed by atoms with van der Waals surface area (Å²) < 4.78 is 281. The number of halogens is 20. The number of hydrogen-bond donors (Lipinski definition) is 4. The van der Waals surface area contributed by atoms with Crippen LogP contribution in [0.25, 0.3) is 0 Å². The molecule has 0 aliphatic rings. The zero-order valence-electron chi connectivity index (χ0n) is 28.6. The van der Waals surface area contributed by atoms with Gasteiger partial charge in [0.25, 0.3) is 0 Å². The number of hydrogen-bond acceptors (Lipinski definition) is 8. The molecule has 0 aliphatic heterocycles. The summed E-state index contributed by atoms with van der Waals surface area (Å²) in [6.07, 6.45) is -76.0. The SMILES string of the molecule is CN/C=C(\N=N)C(F)C(F)C(F)C(F)C(F)C(F)C(F)C(F)C(F)C(F)/C(=C/Nn1cc(C(F)C(F)C(F)C(F)C(F)C(F)C(F)C(F)C(F)C(C)F)nn1)N=N. The first-order chi connectivity index (χ1) is 26.4. The maximum Gasteiger partial charge on any atom is 0.179 e. The minimum absolute atomic E-state index is 0.0233. The van der Waals surface area contributed by atoms with Gasteiger partial charge in [-0.1, -0.05) is 0 Å². The van der Waals surface area contributed by atoms with Crippen molar-refractivity contribution in [2.24, 2.45) is 10.2 Å². The molecule has 0 spiro atoms. The first kappa shape index (κ1) is 51.0. The van der Waals surface area contributed by atoms with Crippen molar-refractivity contribution in [1.82, 2.24) is 20.4 Å². The lowest BCUT2D eigenvalue weighted by Gasteiger charge is -2.27. The van der Waals surface area contributed by atoms with Gasteiger partial charge in [-0.05, 0) is 12.1 Å². The number of rotatable bonds is 26. The topological polar surface area (TPSA) is 127 Å². The molecule has 0 bridgehead atoms. The van der Waals surface area contributed by atoms with Crippen molar-refractivity contribution in [3.63, 3.8) is 0 Å². The summed E-state index contributed by atoms with van der Waals surface area (Å²) in [6.45, 7) is 0.356. The van der Waals surface area contributed by atoms with Crippen molar-refractivity contribution >= 4 is 0 Å². The van der Waals surface area contributed by atoms with Crippen LogP contribution in [0, 0.1) is 11.1 Å². The van der Waals surface area contributed by atoms with Gasteiger partial charge in [-0.25, -0.2) is 98.9 Å². The van der Waals surface area contributed by atoms with E-state index in [1.165, 1.54) is 0 Å². The fourth-order valence-electron chi connectivity index (χ4n) is 4.43. The molecule has 1 rings (SSSR count). The zero-order valence-corrected chi connectivity index (χ0v) is 28.6. The molecule has 0 aliphatic carbocycles. The zero-order chi connectivity index (χ0) is 44.2.